The van der Waals surface area contributed by atoms with E-state index < -0.39 is 23.7 Å². The maximum atomic E-state index is 12.3. The van der Waals surface area contributed by atoms with Crippen molar-refractivity contribution in [1.29, 1.82) is 0 Å². The van der Waals surface area contributed by atoms with E-state index in [-0.39, 0.29) is 55.8 Å². The van der Waals surface area contributed by atoms with Gasteiger partial charge in [-0.2, -0.15) is 13.2 Å². The minimum absolute atomic E-state index is 0. The molecule has 0 amide bonds. The number of aromatic nitrogens is 2. The van der Waals surface area contributed by atoms with Gasteiger partial charge in [0.1, 0.15) is 5.78 Å². The van der Waals surface area contributed by atoms with Gasteiger partial charge in [-0.1, -0.05) is 97.1 Å². The van der Waals surface area contributed by atoms with Crippen LogP contribution in [0.5, 0.6) is 0 Å². The number of hydrogen-bond donors (Lipinski definition) is 0. The minimum Gasteiger partial charge on any atom is -0.299 e. The molecular formula is C36H27EuF3N2O2. The predicted octanol–water partition coefficient (Wildman–Crippen LogP) is 8.68. The Bertz CT molecular complexity index is 1880. The molecule has 0 saturated carbocycles. The maximum absolute atomic E-state index is 12.3. The largest absolute Gasteiger partial charge is 0.450 e. The smallest absolute Gasteiger partial charge is 0.299 e. The number of pyridine rings is 2. The number of ketones is 2. The van der Waals surface area contributed by atoms with Crippen LogP contribution in [-0.2, 0) is 16.0 Å². The molecule has 4 nitrogen and oxygen atoms in total. The second kappa shape index (κ2) is 14.9. The number of rotatable bonds is 6. The first-order chi connectivity index (χ1) is 20.7. The number of nitrogens with zero attached hydrogens (tertiary/aromatic N) is 2. The minimum atomic E-state index is -4.97. The van der Waals surface area contributed by atoms with Gasteiger partial charge in [0.25, 0.3) is 0 Å². The number of fused-ring (bicyclic) bond motifs is 3. The Morgan fingerprint density at radius 3 is 1.93 bits per heavy atom. The van der Waals surface area contributed by atoms with E-state index in [2.05, 4.69) is 77.8 Å². The quantitative estimate of drug-likeness (QED) is 0.127. The Hall–Kier alpha value is -3.59. The zero-order chi connectivity index (χ0) is 30.4. The summed E-state index contributed by atoms with van der Waals surface area (Å²) in [5.74, 6) is -4.39. The van der Waals surface area contributed by atoms with E-state index >= 15 is 0 Å². The maximum Gasteiger partial charge on any atom is 0.450 e. The Morgan fingerprint density at radius 1 is 0.750 bits per heavy atom. The van der Waals surface area contributed by atoms with Gasteiger partial charge in [0.15, 0.2) is 0 Å². The van der Waals surface area contributed by atoms with E-state index in [0.717, 1.165) is 45.6 Å². The van der Waals surface area contributed by atoms with Crippen LogP contribution in [0.15, 0.2) is 128 Å². The molecule has 0 fully saturated rings. The fourth-order valence-corrected chi connectivity index (χ4v) is 4.91. The fraction of sp³-hybridized carbons (Fsp3) is 0.111. The molecule has 0 aliphatic carbocycles. The summed E-state index contributed by atoms with van der Waals surface area (Å²) in [7, 11) is 0. The molecule has 0 bridgehead atoms. The molecule has 0 aliphatic rings. The first-order valence-corrected chi connectivity index (χ1v) is 13.7. The molecule has 2 heterocycles. The van der Waals surface area contributed by atoms with E-state index in [1.165, 1.54) is 5.56 Å². The first-order valence-electron chi connectivity index (χ1n) is 13.7. The van der Waals surface area contributed by atoms with Crippen LogP contribution in [0.4, 0.5) is 13.2 Å². The van der Waals surface area contributed by atoms with E-state index in [4.69, 9.17) is 4.98 Å². The number of carbonyl (C=O) groups is 2. The number of halogens is 3. The summed E-state index contributed by atoms with van der Waals surface area (Å²) in [4.78, 5) is 31.8. The van der Waals surface area contributed by atoms with Gasteiger partial charge in [-0.15, -0.1) is 0 Å². The van der Waals surface area contributed by atoms with Gasteiger partial charge in [-0.25, -0.2) is 4.98 Å². The molecule has 6 aromatic rings. The summed E-state index contributed by atoms with van der Waals surface area (Å²) in [5, 5.41) is 2.21. The van der Waals surface area contributed by atoms with Gasteiger partial charge in [0, 0.05) is 77.5 Å². The normalized spacial score (nSPS) is 11.6. The van der Waals surface area contributed by atoms with E-state index in [1.54, 1.807) is 30.3 Å². The van der Waals surface area contributed by atoms with Crippen LogP contribution in [0.3, 0.4) is 0 Å². The molecule has 221 valence electrons. The average Bonchev–Trinajstić information content (AvgIpc) is 3.03. The van der Waals surface area contributed by atoms with Crippen molar-refractivity contribution in [3.63, 3.8) is 0 Å². The van der Waals surface area contributed by atoms with Crippen molar-refractivity contribution in [2.24, 2.45) is 5.92 Å². The van der Waals surface area contributed by atoms with E-state index in [0.29, 0.717) is 5.56 Å². The summed E-state index contributed by atoms with van der Waals surface area (Å²) in [6.45, 7) is 0.997. The van der Waals surface area contributed by atoms with Gasteiger partial charge in [-0.3, -0.25) is 14.6 Å². The van der Waals surface area contributed by atoms with Crippen molar-refractivity contribution in [3.8, 4) is 22.4 Å². The molecule has 1 radical (unpaired) electrons. The van der Waals surface area contributed by atoms with E-state index in [1.807, 2.05) is 24.4 Å². The number of benzene rings is 4. The van der Waals surface area contributed by atoms with Crippen LogP contribution in [0.1, 0.15) is 12.5 Å². The van der Waals surface area contributed by atoms with Gasteiger partial charge >= 0.3 is 6.18 Å². The SMILES string of the molecule is CC(=O)C(Cc1ccccc1)C(=O)C(F)(F)F.[Eu].c1ccc(-c2cc3ccc4ncccc4c3nc2-c2ccccc2)cc1. The third kappa shape index (κ3) is 7.92. The third-order valence-corrected chi connectivity index (χ3v) is 7.07. The molecule has 4 aromatic carbocycles. The van der Waals surface area contributed by atoms with Crippen molar-refractivity contribution in [2.75, 3.05) is 0 Å². The summed E-state index contributed by atoms with van der Waals surface area (Å²) in [6, 6.07) is 39.5. The Balaban J connectivity index is 0.000000216. The van der Waals surface area contributed by atoms with Crippen molar-refractivity contribution in [1.82, 2.24) is 9.97 Å². The van der Waals surface area contributed by atoms with Gasteiger partial charge in [-0.05, 0) is 48.7 Å². The Morgan fingerprint density at radius 2 is 1.34 bits per heavy atom. The van der Waals surface area contributed by atoms with Crippen LogP contribution in [-0.4, -0.2) is 27.7 Å². The predicted molar refractivity (Wildman–Crippen MR) is 163 cm³/mol. The fourth-order valence-electron chi connectivity index (χ4n) is 4.91. The van der Waals surface area contributed by atoms with E-state index in [9.17, 15) is 22.8 Å². The van der Waals surface area contributed by atoms with Crippen molar-refractivity contribution >= 4 is 33.4 Å². The van der Waals surface area contributed by atoms with Crippen LogP contribution in [0.2, 0.25) is 0 Å². The van der Waals surface area contributed by atoms with Crippen LogP contribution < -0.4 is 0 Å². The van der Waals surface area contributed by atoms with Crippen LogP contribution in [0.25, 0.3) is 44.2 Å². The summed E-state index contributed by atoms with van der Waals surface area (Å²) in [5.41, 5.74) is 6.94. The molecule has 0 saturated heterocycles. The first kappa shape index (κ1) is 33.3. The molecule has 1 atom stereocenters. The number of Topliss-reactive ketones (excluding diaryl/α,β-unsaturated/α-hetero) is 2. The molecule has 0 aliphatic heterocycles. The zero-order valence-corrected chi connectivity index (χ0v) is 26.1. The van der Waals surface area contributed by atoms with Crippen molar-refractivity contribution in [2.45, 2.75) is 19.5 Å². The molecule has 44 heavy (non-hydrogen) atoms. The number of carbonyl (C=O) groups excluding carboxylic acids is 2. The molecule has 0 N–H and O–H groups in total. The molecule has 6 rings (SSSR count). The van der Waals surface area contributed by atoms with Crippen molar-refractivity contribution in [3.05, 3.63) is 133 Å². The number of alkyl halides is 3. The van der Waals surface area contributed by atoms with Gasteiger partial charge in [0.2, 0.25) is 5.78 Å². The second-order valence-electron chi connectivity index (χ2n) is 10.0. The summed E-state index contributed by atoms with van der Waals surface area (Å²) >= 11 is 0. The molecule has 8 heteroatoms. The van der Waals surface area contributed by atoms with Gasteiger partial charge < -0.3 is 0 Å². The van der Waals surface area contributed by atoms with Crippen LogP contribution in [0, 0.1) is 55.3 Å². The summed E-state index contributed by atoms with van der Waals surface area (Å²) < 4.78 is 36.8. The van der Waals surface area contributed by atoms with Gasteiger partial charge in [0.05, 0.1) is 22.6 Å². The standard InChI is InChI=1S/C24H16N2.C12H11F3O2.Eu/c1-3-8-17(9-4-1)21-16-19-13-14-22-20(12-7-15-25-22)24(19)26-23(21)18-10-5-2-6-11-18;1-8(16)10(11(17)12(13,14)15)7-9-5-3-2-4-6-9;/h1-16H;2-6,10H,7H2,1H3;. The van der Waals surface area contributed by atoms with Crippen LogP contribution >= 0.6 is 0 Å². The third-order valence-electron chi connectivity index (χ3n) is 7.07. The molecule has 2 aromatic heterocycles. The zero-order valence-electron chi connectivity index (χ0n) is 23.6. The number of hydrogen-bond acceptors (Lipinski definition) is 4. The topological polar surface area (TPSA) is 59.9 Å². The monoisotopic (exact) mass is 729 g/mol. The molecule has 0 spiro atoms. The second-order valence-corrected chi connectivity index (χ2v) is 10.0. The Kier molecular flexibility index (Phi) is 11.3. The Labute approximate surface area is 293 Å². The molecular weight excluding hydrogens is 701 g/mol. The average molecular weight is 729 g/mol. The summed E-state index contributed by atoms with van der Waals surface area (Å²) in [6.07, 6.45) is -3.36. The van der Waals surface area contributed by atoms with Crippen molar-refractivity contribution < 1.29 is 72.1 Å². The molecule has 1 unspecified atom stereocenters.